The van der Waals surface area contributed by atoms with Crippen LogP contribution in [0, 0.1) is 17.0 Å². The van der Waals surface area contributed by atoms with Gasteiger partial charge in [-0.25, -0.2) is 4.79 Å². The van der Waals surface area contributed by atoms with E-state index in [2.05, 4.69) is 5.32 Å². The van der Waals surface area contributed by atoms with Crippen molar-refractivity contribution in [2.75, 3.05) is 5.32 Å². The summed E-state index contributed by atoms with van der Waals surface area (Å²) in [6.45, 7) is 4.43. The van der Waals surface area contributed by atoms with E-state index in [1.54, 1.807) is 6.92 Å². The Morgan fingerprint density at radius 1 is 1.50 bits per heavy atom. The van der Waals surface area contributed by atoms with E-state index in [-0.39, 0.29) is 11.4 Å². The Morgan fingerprint density at radius 2 is 2.06 bits per heavy atom. The average molecular weight is 273 g/mol. The van der Waals surface area contributed by atoms with Crippen LogP contribution in [-0.2, 0) is 4.79 Å². The SMILES string of the molecule is Cc1c(Cl)ccc([N+](=O)[O-])c1NC(C)(C)C(=O)O. The Morgan fingerprint density at radius 3 is 2.50 bits per heavy atom. The molecule has 1 rings (SSSR count). The molecular weight excluding hydrogens is 260 g/mol. The van der Waals surface area contributed by atoms with E-state index in [1.165, 1.54) is 26.0 Å². The van der Waals surface area contributed by atoms with Gasteiger partial charge in [-0.15, -0.1) is 0 Å². The van der Waals surface area contributed by atoms with Crippen LogP contribution in [0.15, 0.2) is 12.1 Å². The topological polar surface area (TPSA) is 92.5 Å². The number of halogens is 1. The fraction of sp³-hybridized carbons (Fsp3) is 0.364. The largest absolute Gasteiger partial charge is 0.480 e. The van der Waals surface area contributed by atoms with Gasteiger partial charge in [0.2, 0.25) is 0 Å². The first-order chi connectivity index (χ1) is 8.16. The number of benzene rings is 1. The molecule has 0 aliphatic carbocycles. The lowest BCUT2D eigenvalue weighted by atomic mass is 10.0. The summed E-state index contributed by atoms with van der Waals surface area (Å²) in [5.41, 5.74) is -0.966. The summed E-state index contributed by atoms with van der Waals surface area (Å²) in [5.74, 6) is -1.11. The number of carbonyl (C=O) groups is 1. The van der Waals surface area contributed by atoms with Crippen molar-refractivity contribution in [3.05, 3.63) is 32.8 Å². The second-order valence-corrected chi connectivity index (χ2v) is 4.79. The van der Waals surface area contributed by atoms with Crippen molar-refractivity contribution >= 4 is 28.9 Å². The lowest BCUT2D eigenvalue weighted by Crippen LogP contribution is -2.40. The number of hydrogen-bond acceptors (Lipinski definition) is 4. The lowest BCUT2D eigenvalue weighted by molar-refractivity contribution is -0.384. The summed E-state index contributed by atoms with van der Waals surface area (Å²) in [6.07, 6.45) is 0. The number of carboxylic acids is 1. The summed E-state index contributed by atoms with van der Waals surface area (Å²) >= 11 is 5.89. The van der Waals surface area contributed by atoms with Gasteiger partial charge in [0.15, 0.2) is 0 Å². The first-order valence-electron chi connectivity index (χ1n) is 5.12. The van der Waals surface area contributed by atoms with Gasteiger partial charge in [-0.05, 0) is 32.4 Å². The number of nitrogens with zero attached hydrogens (tertiary/aromatic N) is 1. The van der Waals surface area contributed by atoms with E-state index in [4.69, 9.17) is 16.7 Å². The summed E-state index contributed by atoms with van der Waals surface area (Å²) in [6, 6.07) is 2.66. The van der Waals surface area contributed by atoms with Crippen molar-refractivity contribution in [3.8, 4) is 0 Å². The van der Waals surface area contributed by atoms with Gasteiger partial charge < -0.3 is 10.4 Å². The molecule has 0 radical (unpaired) electrons. The van der Waals surface area contributed by atoms with E-state index < -0.39 is 16.4 Å². The number of nitrogens with one attached hydrogen (secondary N) is 1. The molecule has 2 N–H and O–H groups in total. The second-order valence-electron chi connectivity index (χ2n) is 4.38. The molecule has 1 aromatic rings. The first kappa shape index (κ1) is 14.2. The predicted octanol–water partition coefficient (Wildman–Crippen LogP) is 2.83. The molecule has 0 aliphatic heterocycles. The zero-order chi connectivity index (χ0) is 14.1. The minimum atomic E-state index is -1.33. The maximum Gasteiger partial charge on any atom is 0.328 e. The fourth-order valence-electron chi connectivity index (χ4n) is 1.35. The summed E-state index contributed by atoms with van der Waals surface area (Å²) in [4.78, 5) is 21.4. The van der Waals surface area contributed by atoms with E-state index in [1.807, 2.05) is 0 Å². The third-order valence-corrected chi connectivity index (χ3v) is 2.96. The smallest absolute Gasteiger partial charge is 0.328 e. The third kappa shape index (κ3) is 2.70. The molecule has 1 aromatic carbocycles. The summed E-state index contributed by atoms with van der Waals surface area (Å²) < 4.78 is 0. The standard InChI is InChI=1S/C11H13ClN2O4/c1-6-7(12)4-5-8(14(17)18)9(6)13-11(2,3)10(15)16/h4-5,13H,1-3H3,(H,15,16). The average Bonchev–Trinajstić information content (AvgIpc) is 2.24. The molecule has 0 unspecified atom stereocenters. The Bertz CT molecular complexity index is 514. The minimum Gasteiger partial charge on any atom is -0.480 e. The van der Waals surface area contributed by atoms with Crippen LogP contribution < -0.4 is 5.32 Å². The van der Waals surface area contributed by atoms with Crippen LogP contribution in [0.2, 0.25) is 5.02 Å². The van der Waals surface area contributed by atoms with Gasteiger partial charge in [0.05, 0.1) is 4.92 Å². The zero-order valence-corrected chi connectivity index (χ0v) is 10.9. The van der Waals surface area contributed by atoms with Crippen molar-refractivity contribution < 1.29 is 14.8 Å². The van der Waals surface area contributed by atoms with Crippen molar-refractivity contribution in [2.24, 2.45) is 0 Å². The molecule has 0 spiro atoms. The van der Waals surface area contributed by atoms with Gasteiger partial charge in [-0.3, -0.25) is 10.1 Å². The number of aliphatic carboxylic acids is 1. The van der Waals surface area contributed by atoms with Gasteiger partial charge >= 0.3 is 5.97 Å². The highest BCUT2D eigenvalue weighted by Gasteiger charge is 2.30. The monoisotopic (exact) mass is 272 g/mol. The summed E-state index contributed by atoms with van der Waals surface area (Å²) in [7, 11) is 0. The molecule has 0 aromatic heterocycles. The van der Waals surface area contributed by atoms with Crippen molar-refractivity contribution in [2.45, 2.75) is 26.3 Å². The first-order valence-corrected chi connectivity index (χ1v) is 5.49. The second kappa shape index (κ2) is 4.81. The molecule has 0 aliphatic rings. The molecule has 98 valence electrons. The van der Waals surface area contributed by atoms with Gasteiger partial charge in [0.25, 0.3) is 5.69 Å². The molecular formula is C11H13ClN2O4. The van der Waals surface area contributed by atoms with Gasteiger partial charge in [-0.1, -0.05) is 11.6 Å². The Kier molecular flexibility index (Phi) is 3.81. The van der Waals surface area contributed by atoms with E-state index >= 15 is 0 Å². The maximum atomic E-state index is 11.0. The van der Waals surface area contributed by atoms with E-state index in [9.17, 15) is 14.9 Å². The number of carboxylic acid groups (broad SMARTS) is 1. The molecule has 0 amide bonds. The third-order valence-electron chi connectivity index (χ3n) is 2.55. The van der Waals surface area contributed by atoms with Crippen LogP contribution in [-0.4, -0.2) is 21.5 Å². The Labute approximate surface area is 109 Å². The molecule has 0 atom stereocenters. The molecule has 0 bridgehead atoms. The highest BCUT2D eigenvalue weighted by Crippen LogP contribution is 2.34. The number of anilines is 1. The van der Waals surface area contributed by atoms with E-state index in [0.717, 1.165) is 0 Å². The van der Waals surface area contributed by atoms with Crippen LogP contribution in [0.25, 0.3) is 0 Å². The number of nitro groups is 1. The Hall–Kier alpha value is -1.82. The van der Waals surface area contributed by atoms with Gasteiger partial charge in [0, 0.05) is 11.1 Å². The summed E-state index contributed by atoms with van der Waals surface area (Å²) in [5, 5.41) is 22.9. The van der Waals surface area contributed by atoms with Crippen LogP contribution in [0.5, 0.6) is 0 Å². The maximum absolute atomic E-state index is 11.0. The highest BCUT2D eigenvalue weighted by atomic mass is 35.5. The molecule has 18 heavy (non-hydrogen) atoms. The van der Waals surface area contributed by atoms with Crippen LogP contribution in [0.1, 0.15) is 19.4 Å². The van der Waals surface area contributed by atoms with Crippen molar-refractivity contribution in [1.29, 1.82) is 0 Å². The van der Waals surface area contributed by atoms with Crippen molar-refractivity contribution in [3.63, 3.8) is 0 Å². The lowest BCUT2D eigenvalue weighted by Gasteiger charge is -2.23. The Balaban J connectivity index is 3.34. The van der Waals surface area contributed by atoms with Gasteiger partial charge in [0.1, 0.15) is 11.2 Å². The quantitative estimate of drug-likeness (QED) is 0.649. The number of hydrogen-bond donors (Lipinski definition) is 2. The molecule has 6 nitrogen and oxygen atoms in total. The zero-order valence-electron chi connectivity index (χ0n) is 10.2. The molecule has 7 heteroatoms. The van der Waals surface area contributed by atoms with Gasteiger partial charge in [-0.2, -0.15) is 0 Å². The van der Waals surface area contributed by atoms with Crippen molar-refractivity contribution in [1.82, 2.24) is 0 Å². The normalized spacial score (nSPS) is 11.1. The minimum absolute atomic E-state index is 0.125. The number of nitro benzene ring substituents is 1. The van der Waals surface area contributed by atoms with Crippen LogP contribution in [0.3, 0.4) is 0 Å². The highest BCUT2D eigenvalue weighted by molar-refractivity contribution is 6.31. The number of rotatable bonds is 4. The molecule has 0 heterocycles. The van der Waals surface area contributed by atoms with E-state index in [0.29, 0.717) is 10.6 Å². The molecule has 0 saturated carbocycles. The van der Waals surface area contributed by atoms with Crippen LogP contribution in [0.4, 0.5) is 11.4 Å². The van der Waals surface area contributed by atoms with Crippen LogP contribution >= 0.6 is 11.6 Å². The fourth-order valence-corrected chi connectivity index (χ4v) is 1.51. The molecule has 0 saturated heterocycles. The molecule has 0 fully saturated rings. The predicted molar refractivity (Wildman–Crippen MR) is 68.2 cm³/mol.